The zero-order valence-corrected chi connectivity index (χ0v) is 9.45. The number of nitrogens with one attached hydrogen (secondary N) is 1. The number of thioether (sulfide) groups is 1. The summed E-state index contributed by atoms with van der Waals surface area (Å²) in [4.78, 5) is 12.3. The number of hydrogen-bond acceptors (Lipinski definition) is 3. The molecule has 2 N–H and O–H groups in total. The molecule has 2 rings (SSSR count). The molecule has 6 heteroatoms. The van der Waals surface area contributed by atoms with Crippen molar-refractivity contribution in [1.29, 1.82) is 5.41 Å². The molecule has 88 valence electrons. The highest BCUT2D eigenvalue weighted by Gasteiger charge is 2.30. The van der Waals surface area contributed by atoms with Crippen molar-refractivity contribution < 1.29 is 14.3 Å². The van der Waals surface area contributed by atoms with E-state index >= 15 is 0 Å². The lowest BCUT2D eigenvalue weighted by Gasteiger charge is -2.21. The molecule has 0 bridgehead atoms. The lowest BCUT2D eigenvalue weighted by molar-refractivity contribution is -0.138. The minimum atomic E-state index is -1.01. The van der Waals surface area contributed by atoms with Crippen molar-refractivity contribution >= 4 is 23.6 Å². The molecule has 0 amide bonds. The quantitative estimate of drug-likeness (QED) is 0.625. The lowest BCUT2D eigenvalue weighted by Crippen LogP contribution is -2.36. The van der Waals surface area contributed by atoms with E-state index in [1.165, 1.54) is 35.4 Å². The first-order valence-corrected chi connectivity index (χ1v) is 5.71. The Balaban J connectivity index is 2.22. The van der Waals surface area contributed by atoms with Crippen LogP contribution < -0.4 is 0 Å². The second-order valence-corrected chi connectivity index (χ2v) is 4.37. The fourth-order valence-corrected chi connectivity index (χ4v) is 2.22. The van der Waals surface area contributed by atoms with Crippen LogP contribution in [0.15, 0.2) is 35.9 Å². The molecule has 4 nitrogen and oxygen atoms in total. The second-order valence-electron chi connectivity index (χ2n) is 3.37. The first kappa shape index (κ1) is 11.7. The van der Waals surface area contributed by atoms with E-state index in [1.807, 2.05) is 0 Å². The molecule has 1 aliphatic rings. The minimum absolute atomic E-state index is 0.0404. The zero-order valence-electron chi connectivity index (χ0n) is 8.63. The normalized spacial score (nSPS) is 18.4. The number of hydrogen-bond donors (Lipinski definition) is 2. The van der Waals surface area contributed by atoms with Crippen molar-refractivity contribution in [3.8, 4) is 0 Å². The summed E-state index contributed by atoms with van der Waals surface area (Å²) in [6, 6.07) is 5.39. The Bertz CT molecular complexity index is 487. The van der Waals surface area contributed by atoms with Gasteiger partial charge in [-0.05, 0) is 29.7 Å². The summed E-state index contributed by atoms with van der Waals surface area (Å²) >= 11 is 1.12. The van der Waals surface area contributed by atoms with Gasteiger partial charge in [0, 0.05) is 11.8 Å². The average molecular weight is 252 g/mol. The minimum Gasteiger partial charge on any atom is -0.479 e. The van der Waals surface area contributed by atoms with E-state index in [4.69, 9.17) is 10.5 Å². The van der Waals surface area contributed by atoms with Gasteiger partial charge in [0.05, 0.1) is 0 Å². The number of carboxylic acid groups (broad SMARTS) is 1. The Morgan fingerprint density at radius 2 is 2.06 bits per heavy atom. The van der Waals surface area contributed by atoms with E-state index in [-0.39, 0.29) is 11.7 Å². The molecular formula is C11H9FN2O2S. The van der Waals surface area contributed by atoms with E-state index in [9.17, 15) is 9.18 Å². The summed E-state index contributed by atoms with van der Waals surface area (Å²) in [7, 11) is 0. The van der Waals surface area contributed by atoms with E-state index in [1.54, 1.807) is 5.41 Å². The van der Waals surface area contributed by atoms with Gasteiger partial charge >= 0.3 is 5.97 Å². The predicted octanol–water partition coefficient (Wildman–Crippen LogP) is 2.08. The van der Waals surface area contributed by atoms with Crippen LogP contribution in [0.2, 0.25) is 0 Å². The first-order valence-electron chi connectivity index (χ1n) is 4.77. The number of carbonyl (C=O) groups is 1. The zero-order chi connectivity index (χ0) is 12.4. The Kier molecular flexibility index (Phi) is 3.14. The Labute approximate surface area is 101 Å². The van der Waals surface area contributed by atoms with Crippen LogP contribution in [0.25, 0.3) is 0 Å². The maximum atomic E-state index is 12.7. The molecule has 1 aromatic carbocycles. The van der Waals surface area contributed by atoms with Crippen molar-refractivity contribution in [2.45, 2.75) is 5.37 Å². The van der Waals surface area contributed by atoms with E-state index in [0.29, 0.717) is 5.56 Å². The van der Waals surface area contributed by atoms with Crippen molar-refractivity contribution in [2.75, 3.05) is 0 Å². The van der Waals surface area contributed by atoms with Gasteiger partial charge in [-0.15, -0.1) is 0 Å². The van der Waals surface area contributed by atoms with Crippen LogP contribution in [0.4, 0.5) is 4.39 Å². The summed E-state index contributed by atoms with van der Waals surface area (Å²) in [6.07, 6.45) is 1.54. The largest absolute Gasteiger partial charge is 0.479 e. The van der Waals surface area contributed by atoms with Crippen LogP contribution >= 0.6 is 11.8 Å². The molecule has 0 saturated carbocycles. The molecule has 1 atom stereocenters. The van der Waals surface area contributed by atoms with Crippen molar-refractivity contribution in [1.82, 2.24) is 4.90 Å². The molecule has 1 unspecified atom stereocenters. The Hall–Kier alpha value is -1.82. The van der Waals surface area contributed by atoms with Crippen molar-refractivity contribution in [3.63, 3.8) is 0 Å². The summed E-state index contributed by atoms with van der Waals surface area (Å²) in [5.74, 6) is -1.35. The predicted molar refractivity (Wildman–Crippen MR) is 63.2 cm³/mol. The van der Waals surface area contributed by atoms with E-state index in [2.05, 4.69) is 0 Å². The summed E-state index contributed by atoms with van der Waals surface area (Å²) in [5.41, 5.74) is 0.477. The molecule has 0 aliphatic carbocycles. The highest BCUT2D eigenvalue weighted by atomic mass is 32.2. The third kappa shape index (κ3) is 2.31. The summed E-state index contributed by atoms with van der Waals surface area (Å²) < 4.78 is 12.7. The molecule has 0 radical (unpaired) electrons. The molecule has 1 heterocycles. The topological polar surface area (TPSA) is 64.4 Å². The van der Waals surface area contributed by atoms with Gasteiger partial charge in [-0.3, -0.25) is 5.41 Å². The maximum Gasteiger partial charge on any atom is 0.337 e. The van der Waals surface area contributed by atoms with Gasteiger partial charge in [0.2, 0.25) is 0 Å². The molecule has 0 saturated heterocycles. The molecule has 0 spiro atoms. The third-order valence-electron chi connectivity index (χ3n) is 2.27. The summed E-state index contributed by atoms with van der Waals surface area (Å²) in [6.45, 7) is 0. The smallest absolute Gasteiger partial charge is 0.337 e. The average Bonchev–Trinajstić information content (AvgIpc) is 2.78. The van der Waals surface area contributed by atoms with Crippen LogP contribution in [0.1, 0.15) is 5.56 Å². The first-order chi connectivity index (χ1) is 8.09. The number of amidine groups is 1. The monoisotopic (exact) mass is 252 g/mol. The number of aliphatic carboxylic acids is 1. The number of rotatable bonds is 2. The number of carboxylic acids is 1. The molecule has 1 aliphatic heterocycles. The number of nitrogens with zero attached hydrogens (tertiary/aromatic N) is 1. The van der Waals surface area contributed by atoms with Gasteiger partial charge in [-0.2, -0.15) is 0 Å². The molecular weight excluding hydrogens is 243 g/mol. The van der Waals surface area contributed by atoms with E-state index in [0.717, 1.165) is 11.8 Å². The number of benzene rings is 1. The lowest BCUT2D eigenvalue weighted by atomic mass is 10.2. The standard InChI is InChI=1S/C11H9FN2O2S/c12-8-3-1-7(2-4-8)9(13)14-5-6-17-10(14)11(15)16/h1-6,10,13H,(H,15,16). The number of halogens is 1. The second kappa shape index (κ2) is 4.58. The van der Waals surface area contributed by atoms with Gasteiger partial charge in [-0.25, -0.2) is 9.18 Å². The van der Waals surface area contributed by atoms with Gasteiger partial charge in [0.25, 0.3) is 0 Å². The van der Waals surface area contributed by atoms with Crippen LogP contribution in [0.3, 0.4) is 0 Å². The van der Waals surface area contributed by atoms with Crippen molar-refractivity contribution in [2.24, 2.45) is 0 Å². The van der Waals surface area contributed by atoms with Crippen LogP contribution in [-0.4, -0.2) is 27.2 Å². The van der Waals surface area contributed by atoms with Crippen LogP contribution in [0, 0.1) is 11.2 Å². The van der Waals surface area contributed by atoms with Crippen LogP contribution in [0.5, 0.6) is 0 Å². The summed E-state index contributed by atoms with van der Waals surface area (Å²) in [5, 5.41) is 17.7. The van der Waals surface area contributed by atoms with Gasteiger partial charge < -0.3 is 10.0 Å². The van der Waals surface area contributed by atoms with E-state index < -0.39 is 11.3 Å². The highest BCUT2D eigenvalue weighted by molar-refractivity contribution is 8.03. The van der Waals surface area contributed by atoms with Gasteiger partial charge in [0.15, 0.2) is 5.37 Å². The van der Waals surface area contributed by atoms with Gasteiger partial charge in [0.1, 0.15) is 11.7 Å². The van der Waals surface area contributed by atoms with Crippen LogP contribution in [-0.2, 0) is 4.79 Å². The molecule has 1 aromatic rings. The fraction of sp³-hybridized carbons (Fsp3) is 0.0909. The molecule has 0 aromatic heterocycles. The SMILES string of the molecule is N=C(c1ccc(F)cc1)N1C=CSC1C(=O)O. The Morgan fingerprint density at radius 3 is 2.65 bits per heavy atom. The van der Waals surface area contributed by atoms with Gasteiger partial charge in [-0.1, -0.05) is 11.8 Å². The maximum absolute atomic E-state index is 12.7. The van der Waals surface area contributed by atoms with Crippen molar-refractivity contribution in [3.05, 3.63) is 47.3 Å². The Morgan fingerprint density at radius 1 is 1.41 bits per heavy atom. The highest BCUT2D eigenvalue weighted by Crippen LogP contribution is 2.26. The molecule has 0 fully saturated rings. The third-order valence-corrected chi connectivity index (χ3v) is 3.23. The molecule has 17 heavy (non-hydrogen) atoms. The fourth-order valence-electron chi connectivity index (χ4n) is 1.44.